The van der Waals surface area contributed by atoms with Gasteiger partial charge in [0.2, 0.25) is 0 Å². The Hall–Kier alpha value is 0.561. The van der Waals surface area contributed by atoms with E-state index >= 15 is 0 Å². The number of hydrogen-bond acceptors (Lipinski definition) is 5. The van der Waals surface area contributed by atoms with Crippen molar-refractivity contribution in [3.8, 4) is 5.75 Å². The molecule has 0 atom stereocenters. The van der Waals surface area contributed by atoms with Gasteiger partial charge in [-0.25, -0.2) is 0 Å². The predicted molar refractivity (Wildman–Crippen MR) is 54.2 cm³/mol. The molecule has 0 aromatic heterocycles. The molecule has 5 nitrogen and oxygen atoms in total. The summed E-state index contributed by atoms with van der Waals surface area (Å²) >= 11 is 0. The summed E-state index contributed by atoms with van der Waals surface area (Å²) in [5.74, 6) is 0.350. The van der Waals surface area contributed by atoms with E-state index in [0.29, 0.717) is 18.8 Å². The van der Waals surface area contributed by atoms with Gasteiger partial charge >= 0.3 is 58.7 Å². The van der Waals surface area contributed by atoms with Crippen molar-refractivity contribution < 1.29 is 67.5 Å². The SMILES string of the molecule is NCc1cc(CN)cc(OB(O)O)c1.[H-].[K+]. The molecule has 6 N–H and O–H groups in total. The fourth-order valence-electron chi connectivity index (χ4n) is 1.15. The van der Waals surface area contributed by atoms with Gasteiger partial charge in [0.15, 0.2) is 0 Å². The third kappa shape index (κ3) is 5.43. The third-order valence-corrected chi connectivity index (χ3v) is 1.74. The van der Waals surface area contributed by atoms with Crippen LogP contribution in [-0.4, -0.2) is 17.4 Å². The first-order valence-electron chi connectivity index (χ1n) is 4.21. The first kappa shape index (κ1) is 15.6. The average Bonchev–Trinajstić information content (AvgIpc) is 2.16. The quantitative estimate of drug-likeness (QED) is 0.400. The van der Waals surface area contributed by atoms with Crippen LogP contribution in [-0.2, 0) is 13.1 Å². The summed E-state index contributed by atoms with van der Waals surface area (Å²) in [6, 6.07) is 5.12. The molecule has 0 spiro atoms. The Balaban J connectivity index is 0. The summed E-state index contributed by atoms with van der Waals surface area (Å²) in [4.78, 5) is 0. The molecule has 0 aliphatic rings. The topological polar surface area (TPSA) is 102 Å². The fraction of sp³-hybridized carbons (Fsp3) is 0.250. The van der Waals surface area contributed by atoms with Crippen molar-refractivity contribution in [2.24, 2.45) is 11.5 Å². The monoisotopic (exact) mass is 236 g/mol. The molecule has 0 bridgehead atoms. The van der Waals surface area contributed by atoms with E-state index in [1.165, 1.54) is 0 Å². The maximum Gasteiger partial charge on any atom is 1.00 e. The zero-order valence-corrected chi connectivity index (χ0v) is 11.8. The van der Waals surface area contributed by atoms with Gasteiger partial charge in [-0.2, -0.15) is 0 Å². The van der Waals surface area contributed by atoms with Crippen molar-refractivity contribution in [1.82, 2.24) is 0 Å². The van der Waals surface area contributed by atoms with Crippen LogP contribution in [0.5, 0.6) is 5.75 Å². The zero-order chi connectivity index (χ0) is 10.6. The smallest absolute Gasteiger partial charge is 1.00 e. The summed E-state index contributed by atoms with van der Waals surface area (Å²) in [6.45, 7) is 0.706. The van der Waals surface area contributed by atoms with E-state index in [9.17, 15) is 0 Å². The first-order chi connectivity index (χ1) is 6.65. The Morgan fingerprint density at radius 2 is 1.60 bits per heavy atom. The minimum atomic E-state index is -1.83. The number of rotatable bonds is 4. The van der Waals surface area contributed by atoms with E-state index in [4.69, 9.17) is 26.2 Å². The van der Waals surface area contributed by atoms with E-state index in [0.717, 1.165) is 11.1 Å². The van der Waals surface area contributed by atoms with Crippen LogP contribution in [0.25, 0.3) is 0 Å². The van der Waals surface area contributed by atoms with Gasteiger partial charge in [-0.3, -0.25) is 0 Å². The van der Waals surface area contributed by atoms with Gasteiger partial charge < -0.3 is 27.6 Å². The first-order valence-corrected chi connectivity index (χ1v) is 4.21. The average molecular weight is 236 g/mol. The van der Waals surface area contributed by atoms with Crippen LogP contribution in [0.15, 0.2) is 18.2 Å². The molecule has 0 unspecified atom stereocenters. The minimum Gasteiger partial charge on any atom is -1.00 e. The molecule has 0 heterocycles. The fourth-order valence-corrected chi connectivity index (χ4v) is 1.15. The van der Waals surface area contributed by atoms with Gasteiger partial charge in [0.1, 0.15) is 5.75 Å². The molecule has 0 radical (unpaired) electrons. The molecule has 15 heavy (non-hydrogen) atoms. The van der Waals surface area contributed by atoms with E-state index < -0.39 is 7.32 Å². The Labute approximate surface area is 133 Å². The van der Waals surface area contributed by atoms with Crippen molar-refractivity contribution >= 4 is 7.32 Å². The summed E-state index contributed by atoms with van der Waals surface area (Å²) in [6.07, 6.45) is 0. The van der Waals surface area contributed by atoms with Gasteiger partial charge in [-0.05, 0) is 23.3 Å². The van der Waals surface area contributed by atoms with E-state index in [2.05, 4.69) is 0 Å². The minimum absolute atomic E-state index is 0. The molecule has 7 heteroatoms. The van der Waals surface area contributed by atoms with Gasteiger partial charge in [0.05, 0.1) is 0 Å². The number of nitrogens with two attached hydrogens (primary N) is 2. The molecule has 0 saturated heterocycles. The second-order valence-electron chi connectivity index (χ2n) is 2.84. The van der Waals surface area contributed by atoms with Gasteiger partial charge in [0.25, 0.3) is 0 Å². The predicted octanol–water partition coefficient (Wildman–Crippen LogP) is -3.93. The van der Waals surface area contributed by atoms with E-state index in [1.54, 1.807) is 12.1 Å². The van der Waals surface area contributed by atoms with Crippen LogP contribution in [0.4, 0.5) is 0 Å². The van der Waals surface area contributed by atoms with E-state index in [-0.39, 0.29) is 52.8 Å². The van der Waals surface area contributed by atoms with Crippen LogP contribution in [0.3, 0.4) is 0 Å². The summed E-state index contributed by atoms with van der Waals surface area (Å²) in [7, 11) is -1.83. The van der Waals surface area contributed by atoms with Crippen LogP contribution in [0.1, 0.15) is 12.6 Å². The van der Waals surface area contributed by atoms with Gasteiger partial charge in [0, 0.05) is 13.1 Å². The Morgan fingerprint density at radius 1 is 1.13 bits per heavy atom. The maximum atomic E-state index is 8.60. The molecule has 0 fully saturated rings. The van der Waals surface area contributed by atoms with Gasteiger partial charge in [-0.1, -0.05) is 6.07 Å². The standard InChI is InChI=1S/C8H13BN2O3.K.H/c10-4-6-1-7(5-11)3-8(2-6)14-9(12)13;;/h1-3,12-13H,4-5,10-11H2;;/q;+1;-1. The molecule has 78 valence electrons. The molecule has 1 aromatic rings. The molecule has 1 aromatic carbocycles. The Morgan fingerprint density at radius 3 is 1.93 bits per heavy atom. The largest absolute Gasteiger partial charge is 1.00 e. The van der Waals surface area contributed by atoms with E-state index in [1.807, 2.05) is 6.07 Å². The van der Waals surface area contributed by atoms with Crippen LogP contribution < -0.4 is 67.5 Å². The van der Waals surface area contributed by atoms with Crippen molar-refractivity contribution in [3.05, 3.63) is 29.3 Å². The zero-order valence-electron chi connectivity index (χ0n) is 9.68. The van der Waals surface area contributed by atoms with Crippen molar-refractivity contribution in [1.29, 1.82) is 0 Å². The third-order valence-electron chi connectivity index (χ3n) is 1.74. The molecular formula is C8H14BKN2O3. The van der Waals surface area contributed by atoms with Crippen LogP contribution >= 0.6 is 0 Å². The molecule has 0 amide bonds. The van der Waals surface area contributed by atoms with Crippen molar-refractivity contribution in [2.75, 3.05) is 0 Å². The maximum absolute atomic E-state index is 8.60. The number of benzene rings is 1. The van der Waals surface area contributed by atoms with Gasteiger partial charge in [-0.15, -0.1) is 0 Å². The Bertz CT molecular complexity index is 295. The molecule has 0 saturated carbocycles. The van der Waals surface area contributed by atoms with Crippen LogP contribution in [0, 0.1) is 0 Å². The second-order valence-corrected chi connectivity index (χ2v) is 2.84. The molecule has 0 aliphatic carbocycles. The normalized spacial score (nSPS) is 9.33. The molecular weight excluding hydrogens is 222 g/mol. The second kappa shape index (κ2) is 7.77. The van der Waals surface area contributed by atoms with Crippen LogP contribution in [0.2, 0.25) is 0 Å². The summed E-state index contributed by atoms with van der Waals surface area (Å²) < 4.78 is 4.70. The summed E-state index contributed by atoms with van der Waals surface area (Å²) in [5.41, 5.74) is 12.6. The summed E-state index contributed by atoms with van der Waals surface area (Å²) in [5, 5.41) is 17.2. The molecule has 1 rings (SSSR count). The Kier molecular flexibility index (Phi) is 8.06. The number of hydrogen-bond donors (Lipinski definition) is 4. The van der Waals surface area contributed by atoms with Crippen molar-refractivity contribution in [3.63, 3.8) is 0 Å². The van der Waals surface area contributed by atoms with Crippen molar-refractivity contribution in [2.45, 2.75) is 13.1 Å². The molecule has 0 aliphatic heterocycles.